The Hall–Kier alpha value is -2.42. The van der Waals surface area contributed by atoms with Crippen LogP contribution in [0.2, 0.25) is 0 Å². The number of rotatable bonds is 2. The van der Waals surface area contributed by atoms with Crippen LogP contribution in [0.4, 0.5) is 13.2 Å². The van der Waals surface area contributed by atoms with Crippen LogP contribution in [0.3, 0.4) is 0 Å². The lowest BCUT2D eigenvalue weighted by Crippen LogP contribution is -2.28. The molecule has 2 rings (SSSR count). The van der Waals surface area contributed by atoms with Gasteiger partial charge >= 0.3 is 22.3 Å². The number of carbonyl (C=O) groups is 1. The number of carbonyl (C=O) groups excluding carboxylic acids is 1. The van der Waals surface area contributed by atoms with Gasteiger partial charge in [-0.05, 0) is 31.2 Å². The van der Waals surface area contributed by atoms with Crippen LogP contribution >= 0.6 is 0 Å². The van der Waals surface area contributed by atoms with Gasteiger partial charge in [0.25, 0.3) is 0 Å². The van der Waals surface area contributed by atoms with Crippen LogP contribution in [0.15, 0.2) is 59.8 Å². The normalized spacial score (nSPS) is 11.1. The van der Waals surface area contributed by atoms with Gasteiger partial charge in [0.15, 0.2) is 0 Å². The Labute approximate surface area is 130 Å². The molecule has 0 amide bonds. The third-order valence-electron chi connectivity index (χ3n) is 2.29. The van der Waals surface area contributed by atoms with Crippen molar-refractivity contribution >= 4 is 16.1 Å². The number of nitrogens with zero attached hydrogens (tertiary/aromatic N) is 1. The highest BCUT2D eigenvalue weighted by Crippen LogP contribution is 2.21. The second-order valence-electron chi connectivity index (χ2n) is 4.16. The topological polar surface area (TPSA) is 73.3 Å². The fourth-order valence-electron chi connectivity index (χ4n) is 1.21. The monoisotopic (exact) mass is 347 g/mol. The van der Waals surface area contributed by atoms with Crippen LogP contribution in [-0.2, 0) is 19.1 Å². The highest BCUT2D eigenvalue weighted by atomic mass is 32.2. The molecule has 2 aromatic rings. The minimum Gasteiger partial charge on any atom is -0.334 e. The largest absolute Gasteiger partial charge is 0.492 e. The summed E-state index contributed by atoms with van der Waals surface area (Å²) in [5.41, 5.74) is 0.714. The summed E-state index contributed by atoms with van der Waals surface area (Å²) in [7, 11) is -4.73. The summed E-state index contributed by atoms with van der Waals surface area (Å²) in [4.78, 5) is 13.7. The molecule has 0 saturated carbocycles. The SMILES string of the molecule is Cc1ccc(S(=O)(=O)OC(=O)C(F)(F)F)cc1.c1ccncc1. The summed E-state index contributed by atoms with van der Waals surface area (Å²) in [5.74, 6) is -2.77. The van der Waals surface area contributed by atoms with Gasteiger partial charge in [-0.2, -0.15) is 21.6 Å². The van der Waals surface area contributed by atoms with Crippen LogP contribution in [0.25, 0.3) is 0 Å². The summed E-state index contributed by atoms with van der Waals surface area (Å²) >= 11 is 0. The quantitative estimate of drug-likeness (QED) is 0.781. The molecule has 0 aliphatic carbocycles. The number of benzene rings is 1. The van der Waals surface area contributed by atoms with Gasteiger partial charge < -0.3 is 4.18 Å². The minimum absolute atomic E-state index is 0.513. The zero-order chi connectivity index (χ0) is 17.5. The van der Waals surface area contributed by atoms with Gasteiger partial charge in [0.05, 0.1) is 0 Å². The number of pyridine rings is 1. The van der Waals surface area contributed by atoms with Crippen molar-refractivity contribution in [2.45, 2.75) is 18.0 Å². The van der Waals surface area contributed by atoms with E-state index in [9.17, 15) is 26.4 Å². The second-order valence-corrected chi connectivity index (χ2v) is 5.71. The van der Waals surface area contributed by atoms with E-state index in [-0.39, 0.29) is 0 Å². The number of aromatic nitrogens is 1. The molecule has 0 aliphatic heterocycles. The van der Waals surface area contributed by atoms with Gasteiger partial charge in [0.2, 0.25) is 0 Å². The molecule has 1 aromatic heterocycles. The van der Waals surface area contributed by atoms with E-state index < -0.39 is 27.2 Å². The minimum atomic E-state index is -5.35. The van der Waals surface area contributed by atoms with Crippen LogP contribution < -0.4 is 0 Å². The molecule has 0 spiro atoms. The molecule has 0 radical (unpaired) electrons. The van der Waals surface area contributed by atoms with Gasteiger partial charge in [0, 0.05) is 12.4 Å². The van der Waals surface area contributed by atoms with Crippen molar-refractivity contribution in [1.29, 1.82) is 0 Å². The van der Waals surface area contributed by atoms with Crippen molar-refractivity contribution < 1.29 is 30.6 Å². The molecule has 9 heteroatoms. The van der Waals surface area contributed by atoms with Gasteiger partial charge in [-0.25, -0.2) is 4.79 Å². The molecule has 0 N–H and O–H groups in total. The Bertz CT molecular complexity index is 702. The molecule has 124 valence electrons. The first-order valence-electron chi connectivity index (χ1n) is 6.10. The third kappa shape index (κ3) is 6.47. The smallest absolute Gasteiger partial charge is 0.334 e. The molecule has 0 unspecified atom stereocenters. The number of hydrogen-bond donors (Lipinski definition) is 0. The molecular formula is C14H12F3NO4S. The Morgan fingerprint density at radius 3 is 1.91 bits per heavy atom. The Balaban J connectivity index is 0.000000366. The number of hydrogen-bond acceptors (Lipinski definition) is 5. The highest BCUT2D eigenvalue weighted by Gasteiger charge is 2.44. The summed E-state index contributed by atoms with van der Waals surface area (Å²) in [6, 6.07) is 10.6. The summed E-state index contributed by atoms with van der Waals surface area (Å²) in [6.07, 6.45) is -1.85. The Kier molecular flexibility index (Phi) is 6.26. The molecule has 0 saturated heterocycles. The second kappa shape index (κ2) is 7.73. The zero-order valence-electron chi connectivity index (χ0n) is 11.8. The number of alkyl halides is 3. The number of halogens is 3. The fourth-order valence-corrected chi connectivity index (χ4v) is 2.07. The lowest BCUT2D eigenvalue weighted by molar-refractivity contribution is -0.189. The Morgan fingerprint density at radius 2 is 1.57 bits per heavy atom. The molecule has 0 atom stereocenters. The molecular weight excluding hydrogens is 335 g/mol. The van der Waals surface area contributed by atoms with Crippen molar-refractivity contribution in [3.05, 3.63) is 60.4 Å². The maximum absolute atomic E-state index is 11.8. The zero-order valence-corrected chi connectivity index (χ0v) is 12.6. The van der Waals surface area contributed by atoms with E-state index in [1.807, 2.05) is 18.2 Å². The van der Waals surface area contributed by atoms with Crippen molar-refractivity contribution in [2.75, 3.05) is 0 Å². The summed E-state index contributed by atoms with van der Waals surface area (Å²) < 4.78 is 61.4. The lowest BCUT2D eigenvalue weighted by Gasteiger charge is -2.07. The Morgan fingerprint density at radius 1 is 1.04 bits per heavy atom. The highest BCUT2D eigenvalue weighted by molar-refractivity contribution is 7.87. The molecule has 0 bridgehead atoms. The van der Waals surface area contributed by atoms with E-state index in [1.54, 1.807) is 19.3 Å². The maximum atomic E-state index is 11.8. The van der Waals surface area contributed by atoms with E-state index in [0.717, 1.165) is 12.1 Å². The lowest BCUT2D eigenvalue weighted by atomic mass is 10.2. The van der Waals surface area contributed by atoms with Crippen LogP contribution in [0, 0.1) is 6.92 Å². The van der Waals surface area contributed by atoms with E-state index in [2.05, 4.69) is 9.17 Å². The van der Waals surface area contributed by atoms with Gasteiger partial charge in [-0.15, -0.1) is 0 Å². The van der Waals surface area contributed by atoms with E-state index >= 15 is 0 Å². The van der Waals surface area contributed by atoms with E-state index in [4.69, 9.17) is 0 Å². The average molecular weight is 347 g/mol. The van der Waals surface area contributed by atoms with Crippen molar-refractivity contribution in [1.82, 2.24) is 4.98 Å². The molecule has 1 heterocycles. The maximum Gasteiger partial charge on any atom is 0.492 e. The molecule has 1 aromatic carbocycles. The standard InChI is InChI=1S/C9H7F3O4S.C5H5N/c1-6-2-4-7(5-3-6)17(14,15)16-8(13)9(10,11)12;1-2-4-6-5-3-1/h2-5H,1H3;1-5H. The average Bonchev–Trinajstić information content (AvgIpc) is 2.48. The van der Waals surface area contributed by atoms with E-state index in [1.165, 1.54) is 12.1 Å². The van der Waals surface area contributed by atoms with Gasteiger partial charge in [0.1, 0.15) is 4.90 Å². The molecule has 5 nitrogen and oxygen atoms in total. The van der Waals surface area contributed by atoms with E-state index in [0.29, 0.717) is 5.56 Å². The fraction of sp³-hybridized carbons (Fsp3) is 0.143. The van der Waals surface area contributed by atoms with Gasteiger partial charge in [-0.3, -0.25) is 4.98 Å². The van der Waals surface area contributed by atoms with Crippen molar-refractivity contribution in [3.8, 4) is 0 Å². The predicted molar refractivity (Wildman–Crippen MR) is 74.7 cm³/mol. The summed E-state index contributed by atoms with van der Waals surface area (Å²) in [5, 5.41) is 0. The first kappa shape index (κ1) is 18.6. The molecule has 23 heavy (non-hydrogen) atoms. The third-order valence-corrected chi connectivity index (χ3v) is 3.51. The first-order valence-corrected chi connectivity index (χ1v) is 7.51. The molecule has 0 fully saturated rings. The van der Waals surface area contributed by atoms with Crippen LogP contribution in [-0.4, -0.2) is 25.5 Å². The first-order chi connectivity index (χ1) is 10.6. The van der Waals surface area contributed by atoms with Crippen molar-refractivity contribution in [2.24, 2.45) is 0 Å². The predicted octanol–water partition coefficient (Wildman–Crippen LogP) is 2.87. The van der Waals surface area contributed by atoms with Crippen LogP contribution in [0.5, 0.6) is 0 Å². The van der Waals surface area contributed by atoms with Crippen LogP contribution in [0.1, 0.15) is 5.56 Å². The summed E-state index contributed by atoms with van der Waals surface area (Å²) in [6.45, 7) is 1.66. The van der Waals surface area contributed by atoms with Gasteiger partial charge in [-0.1, -0.05) is 23.8 Å². The molecule has 0 aliphatic rings. The van der Waals surface area contributed by atoms with Crippen molar-refractivity contribution in [3.63, 3.8) is 0 Å². The number of aryl methyl sites for hydroxylation is 1.